The van der Waals surface area contributed by atoms with Crippen molar-refractivity contribution in [1.29, 1.82) is 0 Å². The highest BCUT2D eigenvalue weighted by Crippen LogP contribution is 2.32. The second-order valence-corrected chi connectivity index (χ2v) is 10.9. The Hall–Kier alpha value is -2.01. The van der Waals surface area contributed by atoms with Gasteiger partial charge in [0, 0.05) is 25.0 Å². The minimum absolute atomic E-state index is 0.0393. The third kappa shape index (κ3) is 9.51. The van der Waals surface area contributed by atoms with Gasteiger partial charge in [-0.15, -0.1) is 0 Å². The molecular formula is C30H48N2O3. The lowest BCUT2D eigenvalue weighted by Gasteiger charge is -2.32. The summed E-state index contributed by atoms with van der Waals surface area (Å²) in [6.45, 7) is 9.74. The second-order valence-electron chi connectivity index (χ2n) is 10.9. The first kappa shape index (κ1) is 27.6. The van der Waals surface area contributed by atoms with E-state index in [9.17, 15) is 9.90 Å². The highest BCUT2D eigenvalue weighted by atomic mass is 16.5. The monoisotopic (exact) mass is 484 g/mol. The third-order valence-electron chi connectivity index (χ3n) is 8.05. The summed E-state index contributed by atoms with van der Waals surface area (Å²) in [5.41, 5.74) is 2.39. The van der Waals surface area contributed by atoms with Gasteiger partial charge in [0.25, 0.3) is 0 Å². The number of hydrogen-bond acceptors (Lipinski definition) is 3. The number of carbonyl (C=O) groups excluding carboxylic acids is 1. The van der Waals surface area contributed by atoms with Gasteiger partial charge in [-0.05, 0) is 63.4 Å². The first-order valence-corrected chi connectivity index (χ1v) is 14.0. The number of rotatable bonds is 12. The van der Waals surface area contributed by atoms with Gasteiger partial charge in [-0.2, -0.15) is 0 Å². The van der Waals surface area contributed by atoms with Crippen LogP contribution in [0.25, 0.3) is 0 Å². The van der Waals surface area contributed by atoms with Gasteiger partial charge in [-0.25, -0.2) is 4.79 Å². The lowest BCUT2D eigenvalue weighted by molar-refractivity contribution is 0.00364. The molecule has 1 aromatic rings. The predicted octanol–water partition coefficient (Wildman–Crippen LogP) is 7.29. The molecule has 2 amide bonds. The van der Waals surface area contributed by atoms with Gasteiger partial charge in [-0.1, -0.05) is 75.4 Å². The topological polar surface area (TPSA) is 61.8 Å². The zero-order valence-corrected chi connectivity index (χ0v) is 22.1. The summed E-state index contributed by atoms with van der Waals surface area (Å²) in [7, 11) is 0. The highest BCUT2D eigenvalue weighted by Gasteiger charge is 2.25. The van der Waals surface area contributed by atoms with Crippen LogP contribution >= 0.6 is 0 Å². The predicted molar refractivity (Wildman–Crippen MR) is 143 cm³/mol. The van der Waals surface area contributed by atoms with Crippen LogP contribution in [0.15, 0.2) is 36.6 Å². The minimum atomic E-state index is 0.0393. The first-order valence-electron chi connectivity index (χ1n) is 14.0. The molecule has 0 bridgehead atoms. The molecule has 0 heterocycles. The Kier molecular flexibility index (Phi) is 11.4. The van der Waals surface area contributed by atoms with Crippen molar-refractivity contribution in [3.05, 3.63) is 47.7 Å². The Morgan fingerprint density at radius 2 is 1.89 bits per heavy atom. The van der Waals surface area contributed by atoms with Crippen molar-refractivity contribution in [1.82, 2.24) is 10.2 Å². The average molecular weight is 485 g/mol. The maximum atomic E-state index is 13.2. The summed E-state index contributed by atoms with van der Waals surface area (Å²) in [5, 5.41) is 13.1. The molecule has 196 valence electrons. The number of hydrogen-bond donors (Lipinski definition) is 2. The lowest BCUT2D eigenvalue weighted by Crippen LogP contribution is -2.46. The number of allylic oxidation sites excluding steroid dienone is 1. The van der Waals surface area contributed by atoms with E-state index in [-0.39, 0.29) is 18.1 Å². The molecule has 5 heteroatoms. The van der Waals surface area contributed by atoms with E-state index in [1.807, 2.05) is 4.90 Å². The van der Waals surface area contributed by atoms with Crippen LogP contribution in [0.5, 0.6) is 0 Å². The quantitative estimate of drug-likeness (QED) is 0.306. The van der Waals surface area contributed by atoms with Crippen LogP contribution in [0, 0.1) is 18.8 Å². The number of aliphatic hydroxyl groups is 1. The second kappa shape index (κ2) is 14.5. The van der Waals surface area contributed by atoms with Crippen LogP contribution < -0.4 is 5.32 Å². The van der Waals surface area contributed by atoms with Gasteiger partial charge < -0.3 is 20.1 Å². The van der Waals surface area contributed by atoms with Crippen molar-refractivity contribution in [3.63, 3.8) is 0 Å². The SMILES string of the molecule is C=C(O)C(CC)CCC1CCCC(OCCN(Cc2ccc(C)cc2)C(=O)NC2CCCCC2)C1. The molecule has 3 rings (SSSR count). The Morgan fingerprint density at radius 3 is 2.57 bits per heavy atom. The fourth-order valence-electron chi connectivity index (χ4n) is 5.71. The van der Waals surface area contributed by atoms with Gasteiger partial charge in [0.15, 0.2) is 0 Å². The van der Waals surface area contributed by atoms with Crippen LogP contribution in [0.4, 0.5) is 4.79 Å². The molecule has 35 heavy (non-hydrogen) atoms. The Balaban J connectivity index is 1.49. The highest BCUT2D eigenvalue weighted by molar-refractivity contribution is 5.74. The lowest BCUT2D eigenvalue weighted by atomic mass is 9.82. The normalized spacial score (nSPS) is 21.9. The van der Waals surface area contributed by atoms with E-state index in [2.05, 4.69) is 50.0 Å². The zero-order valence-electron chi connectivity index (χ0n) is 22.1. The average Bonchev–Trinajstić information content (AvgIpc) is 2.86. The molecule has 1 aromatic carbocycles. The van der Waals surface area contributed by atoms with Crippen LogP contribution in [-0.4, -0.2) is 41.3 Å². The molecule has 3 unspecified atom stereocenters. The number of carbonyl (C=O) groups is 1. The molecule has 0 radical (unpaired) electrons. The summed E-state index contributed by atoms with van der Waals surface area (Å²) in [4.78, 5) is 15.1. The van der Waals surface area contributed by atoms with Gasteiger partial charge in [0.1, 0.15) is 0 Å². The van der Waals surface area contributed by atoms with Crippen LogP contribution in [0.3, 0.4) is 0 Å². The van der Waals surface area contributed by atoms with E-state index in [1.165, 1.54) is 37.7 Å². The number of nitrogens with zero attached hydrogens (tertiary/aromatic N) is 1. The van der Waals surface area contributed by atoms with E-state index in [0.29, 0.717) is 37.4 Å². The third-order valence-corrected chi connectivity index (χ3v) is 8.05. The molecule has 3 atom stereocenters. The smallest absolute Gasteiger partial charge is 0.317 e. The van der Waals surface area contributed by atoms with Gasteiger partial charge in [-0.3, -0.25) is 0 Å². The van der Waals surface area contributed by atoms with Gasteiger partial charge in [0.2, 0.25) is 0 Å². The van der Waals surface area contributed by atoms with Crippen molar-refractivity contribution in [3.8, 4) is 0 Å². The summed E-state index contributed by atoms with van der Waals surface area (Å²) in [6.07, 6.45) is 13.9. The van der Waals surface area contributed by atoms with Crippen LogP contribution in [0.1, 0.15) is 95.1 Å². The van der Waals surface area contributed by atoms with E-state index in [4.69, 9.17) is 4.74 Å². The maximum absolute atomic E-state index is 13.2. The van der Waals surface area contributed by atoms with Crippen molar-refractivity contribution < 1.29 is 14.6 Å². The first-order chi connectivity index (χ1) is 16.9. The number of urea groups is 1. The molecule has 2 aliphatic carbocycles. The molecule has 5 nitrogen and oxygen atoms in total. The van der Waals surface area contributed by atoms with Crippen LogP contribution in [-0.2, 0) is 11.3 Å². The Bertz CT molecular complexity index is 772. The molecule has 2 N–H and O–H groups in total. The Morgan fingerprint density at radius 1 is 1.14 bits per heavy atom. The standard InChI is InChI=1S/C30H48N2O3/c1-4-27(24(3)33)18-17-25-9-8-12-29(21-25)35-20-19-32(22-26-15-13-23(2)14-16-26)30(34)31-28-10-6-5-7-11-28/h13-16,25,27-29,33H,3-12,17-22H2,1-2H3,(H,31,34). The molecule has 0 aromatic heterocycles. The number of aryl methyl sites for hydroxylation is 1. The largest absolute Gasteiger partial charge is 0.513 e. The van der Waals surface area contributed by atoms with Gasteiger partial charge in [0.05, 0.1) is 18.5 Å². The van der Waals surface area contributed by atoms with Crippen molar-refractivity contribution in [2.45, 2.75) is 110 Å². The molecular weight excluding hydrogens is 436 g/mol. The van der Waals surface area contributed by atoms with Crippen LogP contribution in [0.2, 0.25) is 0 Å². The van der Waals surface area contributed by atoms with E-state index in [1.54, 1.807) is 0 Å². The summed E-state index contributed by atoms with van der Waals surface area (Å²) in [6, 6.07) is 8.80. The molecule has 2 saturated carbocycles. The maximum Gasteiger partial charge on any atom is 0.317 e. The molecule has 2 fully saturated rings. The van der Waals surface area contributed by atoms with E-state index >= 15 is 0 Å². The van der Waals surface area contributed by atoms with Crippen molar-refractivity contribution in [2.75, 3.05) is 13.2 Å². The number of nitrogens with one attached hydrogen (secondary N) is 1. The van der Waals surface area contributed by atoms with E-state index in [0.717, 1.165) is 50.5 Å². The summed E-state index contributed by atoms with van der Waals surface area (Å²) in [5.74, 6) is 1.20. The van der Waals surface area contributed by atoms with Crippen molar-refractivity contribution >= 4 is 6.03 Å². The molecule has 0 aliphatic heterocycles. The molecule has 2 aliphatic rings. The Labute approximate surface area is 213 Å². The number of ether oxygens (including phenoxy) is 1. The number of amides is 2. The van der Waals surface area contributed by atoms with E-state index < -0.39 is 0 Å². The van der Waals surface area contributed by atoms with Gasteiger partial charge >= 0.3 is 6.03 Å². The fraction of sp³-hybridized carbons (Fsp3) is 0.700. The van der Waals surface area contributed by atoms with Crippen molar-refractivity contribution in [2.24, 2.45) is 11.8 Å². The summed E-state index contributed by atoms with van der Waals surface area (Å²) < 4.78 is 6.33. The number of benzene rings is 1. The molecule has 0 spiro atoms. The molecule has 0 saturated heterocycles. The minimum Gasteiger partial charge on any atom is -0.513 e. The fourth-order valence-corrected chi connectivity index (χ4v) is 5.71. The number of aliphatic hydroxyl groups excluding tert-OH is 1. The zero-order chi connectivity index (χ0) is 25.0. The summed E-state index contributed by atoms with van der Waals surface area (Å²) >= 11 is 0.